The summed E-state index contributed by atoms with van der Waals surface area (Å²) in [5, 5.41) is 9.77. The van der Waals surface area contributed by atoms with Gasteiger partial charge in [-0.1, -0.05) is 33.1 Å². The minimum atomic E-state index is 0.000278. The van der Waals surface area contributed by atoms with Gasteiger partial charge >= 0.3 is 0 Å². The van der Waals surface area contributed by atoms with Gasteiger partial charge in [0.1, 0.15) is 0 Å². The molecule has 0 heterocycles. The van der Waals surface area contributed by atoms with E-state index in [1.165, 1.54) is 32.1 Å². The molecule has 1 rings (SSSR count). The van der Waals surface area contributed by atoms with Gasteiger partial charge in [0, 0.05) is 0 Å². The van der Waals surface area contributed by atoms with Crippen LogP contribution in [0.3, 0.4) is 0 Å². The minimum Gasteiger partial charge on any atom is -0.393 e. The quantitative estimate of drug-likeness (QED) is 0.690. The molecule has 0 aromatic carbocycles. The zero-order chi connectivity index (χ0) is 8.97. The minimum absolute atomic E-state index is 0.000278. The summed E-state index contributed by atoms with van der Waals surface area (Å²) in [6, 6.07) is 0. The molecule has 12 heavy (non-hydrogen) atoms. The van der Waals surface area contributed by atoms with E-state index in [9.17, 15) is 5.11 Å². The molecule has 0 aliphatic heterocycles. The highest BCUT2D eigenvalue weighted by Gasteiger charge is 2.25. The molecule has 3 atom stereocenters. The molecule has 0 amide bonds. The molecule has 1 aliphatic rings. The lowest BCUT2D eigenvalue weighted by atomic mass is 9.78. The van der Waals surface area contributed by atoms with Gasteiger partial charge in [-0.25, -0.2) is 0 Å². The fourth-order valence-corrected chi connectivity index (χ4v) is 2.22. The zero-order valence-electron chi connectivity index (χ0n) is 8.42. The van der Waals surface area contributed by atoms with E-state index in [4.69, 9.17) is 0 Å². The first-order valence-corrected chi connectivity index (χ1v) is 5.42. The molecular formula is C11H22O. The monoisotopic (exact) mass is 170 g/mol. The van der Waals surface area contributed by atoms with Crippen molar-refractivity contribution in [2.45, 2.75) is 58.5 Å². The number of hydrogen-bond acceptors (Lipinski definition) is 1. The maximum atomic E-state index is 9.77. The van der Waals surface area contributed by atoms with Crippen molar-refractivity contribution < 1.29 is 5.11 Å². The highest BCUT2D eigenvalue weighted by molar-refractivity contribution is 4.77. The zero-order valence-corrected chi connectivity index (χ0v) is 8.42. The van der Waals surface area contributed by atoms with Crippen molar-refractivity contribution in [1.82, 2.24) is 0 Å². The molecule has 0 aromatic heterocycles. The first-order valence-electron chi connectivity index (χ1n) is 5.42. The summed E-state index contributed by atoms with van der Waals surface area (Å²) < 4.78 is 0. The van der Waals surface area contributed by atoms with E-state index in [0.29, 0.717) is 5.92 Å². The molecule has 1 aliphatic carbocycles. The van der Waals surface area contributed by atoms with E-state index in [0.717, 1.165) is 12.3 Å². The Kier molecular flexibility index (Phi) is 4.07. The Bertz CT molecular complexity index is 120. The van der Waals surface area contributed by atoms with Crippen LogP contribution in [-0.2, 0) is 0 Å². The average Bonchev–Trinajstić information content (AvgIpc) is 2.03. The predicted octanol–water partition coefficient (Wildman–Crippen LogP) is 2.97. The highest BCUT2D eigenvalue weighted by Crippen LogP contribution is 2.31. The van der Waals surface area contributed by atoms with Gasteiger partial charge in [-0.15, -0.1) is 0 Å². The van der Waals surface area contributed by atoms with Crippen molar-refractivity contribution in [1.29, 1.82) is 0 Å². The molecule has 0 bridgehead atoms. The van der Waals surface area contributed by atoms with Crippen molar-refractivity contribution >= 4 is 0 Å². The molecule has 0 radical (unpaired) electrons. The van der Waals surface area contributed by atoms with Gasteiger partial charge in [-0.05, 0) is 31.1 Å². The second-order valence-electron chi connectivity index (χ2n) is 4.39. The maximum Gasteiger partial charge on any atom is 0.0570 e. The van der Waals surface area contributed by atoms with Crippen molar-refractivity contribution in [3.05, 3.63) is 0 Å². The van der Waals surface area contributed by atoms with Gasteiger partial charge in [0.25, 0.3) is 0 Å². The average molecular weight is 170 g/mol. The number of aliphatic hydroxyl groups is 1. The molecule has 1 heteroatoms. The second-order valence-corrected chi connectivity index (χ2v) is 4.39. The lowest BCUT2D eigenvalue weighted by molar-refractivity contribution is 0.0437. The van der Waals surface area contributed by atoms with E-state index in [1.807, 2.05) is 0 Å². The Morgan fingerprint density at radius 3 is 2.67 bits per heavy atom. The maximum absolute atomic E-state index is 9.77. The predicted molar refractivity (Wildman–Crippen MR) is 52.0 cm³/mol. The second kappa shape index (κ2) is 4.86. The van der Waals surface area contributed by atoms with Crippen LogP contribution in [0.1, 0.15) is 52.4 Å². The SMILES string of the molecule is CCCCC1CCC(C)CC1O. The number of aliphatic hydroxyl groups excluding tert-OH is 1. The molecule has 0 saturated heterocycles. The molecule has 1 nitrogen and oxygen atoms in total. The standard InChI is InChI=1S/C11H22O/c1-3-4-5-10-7-6-9(2)8-11(10)12/h9-12H,3-8H2,1-2H3. The van der Waals surface area contributed by atoms with E-state index in [-0.39, 0.29) is 6.10 Å². The van der Waals surface area contributed by atoms with Crippen LogP contribution in [0.2, 0.25) is 0 Å². The van der Waals surface area contributed by atoms with Crippen LogP contribution in [0.25, 0.3) is 0 Å². The van der Waals surface area contributed by atoms with Crippen LogP contribution in [0.5, 0.6) is 0 Å². The molecule has 0 aromatic rings. The van der Waals surface area contributed by atoms with Crippen molar-refractivity contribution in [3.63, 3.8) is 0 Å². The smallest absolute Gasteiger partial charge is 0.0570 e. The Balaban J connectivity index is 2.25. The lowest BCUT2D eigenvalue weighted by Gasteiger charge is -2.31. The fraction of sp³-hybridized carbons (Fsp3) is 1.00. The number of unbranched alkanes of at least 4 members (excludes halogenated alkanes) is 1. The van der Waals surface area contributed by atoms with Crippen molar-refractivity contribution in [2.24, 2.45) is 11.8 Å². The Morgan fingerprint density at radius 2 is 2.08 bits per heavy atom. The van der Waals surface area contributed by atoms with Crippen LogP contribution in [0.4, 0.5) is 0 Å². The Hall–Kier alpha value is -0.0400. The number of hydrogen-bond donors (Lipinski definition) is 1. The number of rotatable bonds is 3. The molecule has 1 N–H and O–H groups in total. The molecule has 72 valence electrons. The van der Waals surface area contributed by atoms with Crippen LogP contribution in [0.15, 0.2) is 0 Å². The summed E-state index contributed by atoms with van der Waals surface area (Å²) in [5.74, 6) is 1.36. The molecule has 0 spiro atoms. The van der Waals surface area contributed by atoms with Crippen molar-refractivity contribution in [2.75, 3.05) is 0 Å². The van der Waals surface area contributed by atoms with Crippen LogP contribution >= 0.6 is 0 Å². The van der Waals surface area contributed by atoms with Crippen molar-refractivity contribution in [3.8, 4) is 0 Å². The topological polar surface area (TPSA) is 20.2 Å². The van der Waals surface area contributed by atoms with Gasteiger partial charge in [0.2, 0.25) is 0 Å². The summed E-state index contributed by atoms with van der Waals surface area (Å²) in [6.45, 7) is 4.47. The summed E-state index contributed by atoms with van der Waals surface area (Å²) >= 11 is 0. The van der Waals surface area contributed by atoms with Crippen LogP contribution in [-0.4, -0.2) is 11.2 Å². The summed E-state index contributed by atoms with van der Waals surface area (Å²) in [4.78, 5) is 0. The largest absolute Gasteiger partial charge is 0.393 e. The third-order valence-electron chi connectivity index (χ3n) is 3.15. The molecule has 1 saturated carbocycles. The first kappa shape index (κ1) is 10.0. The van der Waals surface area contributed by atoms with E-state index < -0.39 is 0 Å². The molecule has 3 unspecified atom stereocenters. The normalized spacial score (nSPS) is 36.8. The van der Waals surface area contributed by atoms with Gasteiger partial charge < -0.3 is 5.11 Å². The van der Waals surface area contributed by atoms with Gasteiger partial charge in [-0.2, -0.15) is 0 Å². The third kappa shape index (κ3) is 2.78. The fourth-order valence-electron chi connectivity index (χ4n) is 2.22. The highest BCUT2D eigenvalue weighted by atomic mass is 16.3. The van der Waals surface area contributed by atoms with Crippen LogP contribution in [0, 0.1) is 11.8 Å². The van der Waals surface area contributed by atoms with E-state index in [1.54, 1.807) is 0 Å². The summed E-state index contributed by atoms with van der Waals surface area (Å²) in [6.07, 6.45) is 7.40. The van der Waals surface area contributed by atoms with Gasteiger partial charge in [-0.3, -0.25) is 0 Å². The lowest BCUT2D eigenvalue weighted by Crippen LogP contribution is -2.28. The third-order valence-corrected chi connectivity index (χ3v) is 3.15. The summed E-state index contributed by atoms with van der Waals surface area (Å²) in [5.41, 5.74) is 0. The summed E-state index contributed by atoms with van der Waals surface area (Å²) in [7, 11) is 0. The Labute approximate surface area is 76.2 Å². The first-order chi connectivity index (χ1) is 5.74. The van der Waals surface area contributed by atoms with E-state index >= 15 is 0 Å². The van der Waals surface area contributed by atoms with Gasteiger partial charge in [0.15, 0.2) is 0 Å². The van der Waals surface area contributed by atoms with Crippen LogP contribution < -0.4 is 0 Å². The van der Waals surface area contributed by atoms with E-state index in [2.05, 4.69) is 13.8 Å². The molecule has 1 fully saturated rings. The molecular weight excluding hydrogens is 148 g/mol. The Morgan fingerprint density at radius 1 is 1.33 bits per heavy atom. The van der Waals surface area contributed by atoms with Gasteiger partial charge in [0.05, 0.1) is 6.10 Å².